The summed E-state index contributed by atoms with van der Waals surface area (Å²) < 4.78 is 0. The van der Waals surface area contributed by atoms with Crippen LogP contribution in [0.4, 0.5) is 5.69 Å². The SMILES string of the molecule is CC(C)C(NC(=O)c1ccc(N)c(Cl)c1)C(=O)N1CCCC1C(=O)O. The summed E-state index contributed by atoms with van der Waals surface area (Å²) in [5, 5.41) is 12.2. The summed E-state index contributed by atoms with van der Waals surface area (Å²) >= 11 is 5.93. The number of hydrogen-bond acceptors (Lipinski definition) is 4. The van der Waals surface area contributed by atoms with E-state index in [1.54, 1.807) is 13.8 Å². The summed E-state index contributed by atoms with van der Waals surface area (Å²) in [6.45, 7) is 3.97. The second-order valence-corrected chi connectivity index (χ2v) is 6.87. The fourth-order valence-electron chi connectivity index (χ4n) is 2.87. The molecular formula is C17H22ClN3O4. The molecule has 1 saturated heterocycles. The molecule has 1 aliphatic rings. The molecule has 0 aromatic heterocycles. The largest absolute Gasteiger partial charge is 0.480 e. The van der Waals surface area contributed by atoms with Gasteiger partial charge in [-0.15, -0.1) is 0 Å². The molecule has 2 unspecified atom stereocenters. The second-order valence-electron chi connectivity index (χ2n) is 6.46. The summed E-state index contributed by atoms with van der Waals surface area (Å²) in [7, 11) is 0. The lowest BCUT2D eigenvalue weighted by Crippen LogP contribution is -2.53. The number of carboxylic acids is 1. The number of likely N-dealkylation sites (tertiary alicyclic amines) is 1. The van der Waals surface area contributed by atoms with E-state index in [4.69, 9.17) is 17.3 Å². The van der Waals surface area contributed by atoms with Crippen molar-refractivity contribution in [2.24, 2.45) is 5.92 Å². The van der Waals surface area contributed by atoms with Crippen LogP contribution in [0.2, 0.25) is 5.02 Å². The van der Waals surface area contributed by atoms with Gasteiger partial charge in [-0.25, -0.2) is 4.79 Å². The predicted molar refractivity (Wildman–Crippen MR) is 94.3 cm³/mol. The fourth-order valence-corrected chi connectivity index (χ4v) is 3.05. The molecule has 2 rings (SSSR count). The molecular weight excluding hydrogens is 346 g/mol. The van der Waals surface area contributed by atoms with Gasteiger partial charge < -0.3 is 21.1 Å². The minimum absolute atomic E-state index is 0.198. The Hall–Kier alpha value is -2.28. The maximum atomic E-state index is 12.8. The van der Waals surface area contributed by atoms with Crippen LogP contribution in [-0.2, 0) is 9.59 Å². The van der Waals surface area contributed by atoms with Crippen molar-refractivity contribution in [3.63, 3.8) is 0 Å². The third-order valence-electron chi connectivity index (χ3n) is 4.30. The number of halogens is 1. The molecule has 2 atom stereocenters. The number of rotatable bonds is 5. The summed E-state index contributed by atoms with van der Waals surface area (Å²) in [5.74, 6) is -2.06. The summed E-state index contributed by atoms with van der Waals surface area (Å²) in [5.41, 5.74) is 6.28. The van der Waals surface area contributed by atoms with Gasteiger partial charge in [-0.1, -0.05) is 25.4 Å². The molecule has 8 heteroatoms. The van der Waals surface area contributed by atoms with Gasteiger partial charge in [0.1, 0.15) is 12.1 Å². The molecule has 0 radical (unpaired) electrons. The van der Waals surface area contributed by atoms with Crippen molar-refractivity contribution in [1.29, 1.82) is 0 Å². The van der Waals surface area contributed by atoms with E-state index in [1.807, 2.05) is 0 Å². The highest BCUT2D eigenvalue weighted by molar-refractivity contribution is 6.33. The normalized spacial score (nSPS) is 18.2. The van der Waals surface area contributed by atoms with E-state index in [0.29, 0.717) is 25.1 Å². The first-order chi connectivity index (χ1) is 11.7. The number of benzene rings is 1. The fraction of sp³-hybridized carbons (Fsp3) is 0.471. The Morgan fingerprint density at radius 3 is 2.60 bits per heavy atom. The third kappa shape index (κ3) is 4.22. The van der Waals surface area contributed by atoms with Gasteiger partial charge in [-0.3, -0.25) is 9.59 Å². The lowest BCUT2D eigenvalue weighted by atomic mass is 10.0. The van der Waals surface area contributed by atoms with Crippen molar-refractivity contribution in [2.45, 2.75) is 38.8 Å². The number of hydrogen-bond donors (Lipinski definition) is 3. The van der Waals surface area contributed by atoms with Crippen LogP contribution in [0.5, 0.6) is 0 Å². The lowest BCUT2D eigenvalue weighted by Gasteiger charge is -2.29. The van der Waals surface area contributed by atoms with Gasteiger partial charge in [0.05, 0.1) is 10.7 Å². The van der Waals surface area contributed by atoms with Crippen LogP contribution in [0.25, 0.3) is 0 Å². The van der Waals surface area contributed by atoms with Crippen LogP contribution in [0.3, 0.4) is 0 Å². The molecule has 0 saturated carbocycles. The molecule has 7 nitrogen and oxygen atoms in total. The van der Waals surface area contributed by atoms with Crippen molar-refractivity contribution in [3.8, 4) is 0 Å². The Bertz CT molecular complexity index is 692. The number of carboxylic acid groups (broad SMARTS) is 1. The Kier molecular flexibility index (Phi) is 5.89. The monoisotopic (exact) mass is 367 g/mol. The van der Waals surface area contributed by atoms with Crippen molar-refractivity contribution >= 4 is 35.1 Å². The van der Waals surface area contributed by atoms with Crippen LogP contribution >= 0.6 is 11.6 Å². The van der Waals surface area contributed by atoms with Gasteiger partial charge in [0, 0.05) is 12.1 Å². The standard InChI is InChI=1S/C17H22ClN3O4/c1-9(2)14(16(23)21-7-3-4-13(21)17(24)25)20-15(22)10-5-6-12(19)11(18)8-10/h5-6,8-9,13-14H,3-4,7,19H2,1-2H3,(H,20,22)(H,24,25). The smallest absolute Gasteiger partial charge is 0.326 e. The van der Waals surface area contributed by atoms with Gasteiger partial charge >= 0.3 is 5.97 Å². The van der Waals surface area contributed by atoms with Gasteiger partial charge in [0.15, 0.2) is 0 Å². The van der Waals surface area contributed by atoms with Gasteiger partial charge in [-0.2, -0.15) is 0 Å². The number of nitrogens with two attached hydrogens (primary N) is 1. The van der Waals surface area contributed by atoms with Gasteiger partial charge in [0.2, 0.25) is 5.91 Å². The number of nitrogens with one attached hydrogen (secondary N) is 1. The number of nitrogens with zero attached hydrogens (tertiary/aromatic N) is 1. The van der Waals surface area contributed by atoms with E-state index in [2.05, 4.69) is 5.32 Å². The third-order valence-corrected chi connectivity index (χ3v) is 4.63. The highest BCUT2D eigenvalue weighted by atomic mass is 35.5. The Labute approximate surface area is 151 Å². The Morgan fingerprint density at radius 2 is 2.04 bits per heavy atom. The first-order valence-corrected chi connectivity index (χ1v) is 8.49. The molecule has 0 bridgehead atoms. The summed E-state index contributed by atoms with van der Waals surface area (Å²) in [6, 6.07) is 2.82. The second kappa shape index (κ2) is 7.74. The lowest BCUT2D eigenvalue weighted by molar-refractivity contribution is -0.149. The number of aliphatic carboxylic acids is 1. The molecule has 1 heterocycles. The maximum absolute atomic E-state index is 12.8. The predicted octanol–water partition coefficient (Wildman–Crippen LogP) is 1.75. The van der Waals surface area contributed by atoms with Gasteiger partial charge in [-0.05, 0) is 37.0 Å². The van der Waals surface area contributed by atoms with Crippen molar-refractivity contribution in [1.82, 2.24) is 10.2 Å². The molecule has 136 valence electrons. The molecule has 25 heavy (non-hydrogen) atoms. The first kappa shape index (κ1) is 19.1. The minimum Gasteiger partial charge on any atom is -0.480 e. The van der Waals surface area contributed by atoms with Crippen molar-refractivity contribution in [2.75, 3.05) is 12.3 Å². The number of anilines is 1. The molecule has 1 aliphatic heterocycles. The zero-order chi connectivity index (χ0) is 18.7. The number of nitrogen functional groups attached to an aromatic ring is 1. The van der Waals surface area contributed by atoms with Crippen LogP contribution in [0.1, 0.15) is 37.0 Å². The molecule has 4 N–H and O–H groups in total. The van der Waals surface area contributed by atoms with Crippen LogP contribution < -0.4 is 11.1 Å². The van der Waals surface area contributed by atoms with Gasteiger partial charge in [0.25, 0.3) is 5.91 Å². The summed E-state index contributed by atoms with van der Waals surface area (Å²) in [4.78, 5) is 37.9. The Morgan fingerprint density at radius 1 is 1.36 bits per heavy atom. The molecule has 1 aromatic carbocycles. The first-order valence-electron chi connectivity index (χ1n) is 8.11. The van der Waals surface area contributed by atoms with Crippen LogP contribution in [0.15, 0.2) is 18.2 Å². The average Bonchev–Trinajstić information content (AvgIpc) is 3.04. The van der Waals surface area contributed by atoms with E-state index in [-0.39, 0.29) is 22.4 Å². The van der Waals surface area contributed by atoms with E-state index in [1.165, 1.54) is 23.1 Å². The molecule has 0 aliphatic carbocycles. The molecule has 1 fully saturated rings. The van der Waals surface area contributed by atoms with Crippen molar-refractivity contribution < 1.29 is 19.5 Å². The van der Waals surface area contributed by atoms with Crippen molar-refractivity contribution in [3.05, 3.63) is 28.8 Å². The number of carbonyl (C=O) groups is 3. The molecule has 0 spiro atoms. The highest BCUT2D eigenvalue weighted by Gasteiger charge is 2.38. The van der Waals surface area contributed by atoms with Crippen LogP contribution in [0, 0.1) is 5.92 Å². The molecule has 1 aromatic rings. The zero-order valence-electron chi connectivity index (χ0n) is 14.2. The van der Waals surface area contributed by atoms with E-state index in [0.717, 1.165) is 0 Å². The summed E-state index contributed by atoms with van der Waals surface area (Å²) in [6.07, 6.45) is 1.06. The highest BCUT2D eigenvalue weighted by Crippen LogP contribution is 2.22. The van der Waals surface area contributed by atoms with E-state index >= 15 is 0 Å². The maximum Gasteiger partial charge on any atom is 0.326 e. The minimum atomic E-state index is -1.02. The Balaban J connectivity index is 2.17. The average molecular weight is 368 g/mol. The zero-order valence-corrected chi connectivity index (χ0v) is 14.9. The molecule has 2 amide bonds. The van der Waals surface area contributed by atoms with Crippen LogP contribution in [-0.4, -0.2) is 46.4 Å². The number of amides is 2. The quantitative estimate of drug-likeness (QED) is 0.686. The van der Waals surface area contributed by atoms with E-state index in [9.17, 15) is 19.5 Å². The number of carbonyl (C=O) groups excluding carboxylic acids is 2. The van der Waals surface area contributed by atoms with E-state index < -0.39 is 24.0 Å². The topological polar surface area (TPSA) is 113 Å².